The van der Waals surface area contributed by atoms with Gasteiger partial charge in [0.1, 0.15) is 48.8 Å². The van der Waals surface area contributed by atoms with Crippen molar-refractivity contribution in [3.63, 3.8) is 0 Å². The molecule has 2 fully saturated rings. The van der Waals surface area contributed by atoms with Crippen molar-refractivity contribution in [1.29, 1.82) is 0 Å². The van der Waals surface area contributed by atoms with E-state index in [2.05, 4.69) is 92.1 Å². The molecular weight excluding hydrogens is 1180 g/mol. The van der Waals surface area contributed by atoms with Crippen molar-refractivity contribution in [2.45, 2.75) is 396 Å². The Hall–Kier alpha value is -2.83. The molecule has 94 heavy (non-hydrogen) atoms. The Balaban J connectivity index is 1.57. The second kappa shape index (κ2) is 63.6. The molecule has 0 spiro atoms. The summed E-state index contributed by atoms with van der Waals surface area (Å²) in [5.74, 6) is -0.245. The minimum absolute atomic E-state index is 0.245. The van der Waals surface area contributed by atoms with Crippen LogP contribution in [0.1, 0.15) is 322 Å². The van der Waals surface area contributed by atoms with E-state index in [9.17, 15) is 45.6 Å². The summed E-state index contributed by atoms with van der Waals surface area (Å²) < 4.78 is 22.9. The van der Waals surface area contributed by atoms with Gasteiger partial charge in [-0.1, -0.05) is 324 Å². The fourth-order valence-electron chi connectivity index (χ4n) is 12.5. The van der Waals surface area contributed by atoms with Gasteiger partial charge in [0.05, 0.1) is 32.0 Å². The van der Waals surface area contributed by atoms with Crippen LogP contribution in [0.5, 0.6) is 0 Å². The van der Waals surface area contributed by atoms with Crippen LogP contribution in [0.25, 0.3) is 0 Å². The van der Waals surface area contributed by atoms with Crippen LogP contribution >= 0.6 is 0 Å². The number of unbranched alkanes of at least 4 members (excludes halogenated alkanes) is 39. The number of rotatable bonds is 64. The highest BCUT2D eigenvalue weighted by Crippen LogP contribution is 2.30. The predicted molar refractivity (Wildman–Crippen MR) is 387 cm³/mol. The number of carbonyl (C=O) groups is 1. The van der Waals surface area contributed by atoms with E-state index < -0.39 is 86.8 Å². The van der Waals surface area contributed by atoms with Gasteiger partial charge in [0.25, 0.3) is 0 Å². The topological polar surface area (TPSA) is 228 Å². The van der Waals surface area contributed by atoms with Gasteiger partial charge >= 0.3 is 0 Å². The normalized spacial score (nSPS) is 22.9. The lowest BCUT2D eigenvalue weighted by atomic mass is 9.97. The van der Waals surface area contributed by atoms with E-state index in [0.717, 1.165) is 64.2 Å². The van der Waals surface area contributed by atoms with Crippen LogP contribution in [0.15, 0.2) is 85.1 Å². The molecular formula is C80H143NO13. The smallest absolute Gasteiger partial charge is 0.220 e. The second-order valence-corrected chi connectivity index (χ2v) is 27.1. The standard InChI is InChI=1S/C80H143NO13/c1-3-5-7-9-11-13-15-17-19-21-23-24-25-26-27-28-29-30-31-32-33-34-35-36-37-38-39-40-41-42-43-44-46-48-50-52-54-56-58-60-62-64-72(85)81-68(69(84)63-61-59-57-55-53-51-49-47-45-22-20-18-16-14-12-10-8-6-4-2)67-91-79-77(90)75(88)78(71(66-83)93-79)94-80-76(89)74(87)73(86)70(65-82)92-80/h5,7,11,13,17,19,23-24,26-27,53,55,61,63,68-71,73-80,82-84,86-90H,3-4,6,8-10,12,14-16,18,20-22,25,28-52,54,56-60,62,64-67H2,1-2H3,(H,81,85)/b7-5-,13-11-,19-17-,24-23-,27-26-,55-53+,63-61+. The molecule has 14 nitrogen and oxygen atoms in total. The summed E-state index contributed by atoms with van der Waals surface area (Å²) in [6, 6.07) is -0.933. The van der Waals surface area contributed by atoms with Crippen molar-refractivity contribution in [3.05, 3.63) is 85.1 Å². The first kappa shape index (κ1) is 87.3. The first-order valence-corrected chi connectivity index (χ1v) is 38.8. The minimum atomic E-state index is -1.79. The van der Waals surface area contributed by atoms with Crippen LogP contribution < -0.4 is 5.32 Å². The average molecular weight is 1330 g/mol. The molecule has 2 saturated heterocycles. The van der Waals surface area contributed by atoms with E-state index in [0.29, 0.717) is 12.8 Å². The van der Waals surface area contributed by atoms with Gasteiger partial charge in [0, 0.05) is 6.42 Å². The molecule has 1 amide bonds. The van der Waals surface area contributed by atoms with E-state index in [4.69, 9.17) is 18.9 Å². The van der Waals surface area contributed by atoms with Crippen LogP contribution in [0.3, 0.4) is 0 Å². The van der Waals surface area contributed by atoms with Gasteiger partial charge in [0.15, 0.2) is 12.6 Å². The molecule has 0 aromatic heterocycles. The van der Waals surface area contributed by atoms with Crippen molar-refractivity contribution in [2.24, 2.45) is 0 Å². The zero-order valence-corrected chi connectivity index (χ0v) is 59.7. The number of nitrogens with one attached hydrogen (secondary N) is 1. The zero-order valence-electron chi connectivity index (χ0n) is 59.7. The summed E-state index contributed by atoms with van der Waals surface area (Å²) >= 11 is 0. The lowest BCUT2D eigenvalue weighted by Crippen LogP contribution is -2.65. The number of hydrogen-bond acceptors (Lipinski definition) is 13. The highest BCUT2D eigenvalue weighted by Gasteiger charge is 2.51. The molecule has 14 heteroatoms. The monoisotopic (exact) mass is 1330 g/mol. The van der Waals surface area contributed by atoms with E-state index in [-0.39, 0.29) is 18.9 Å². The van der Waals surface area contributed by atoms with Crippen LogP contribution in [-0.4, -0.2) is 140 Å². The molecule has 12 atom stereocenters. The number of aliphatic hydroxyl groups excluding tert-OH is 8. The first-order valence-electron chi connectivity index (χ1n) is 38.8. The lowest BCUT2D eigenvalue weighted by molar-refractivity contribution is -0.359. The molecule has 0 radical (unpaired) electrons. The van der Waals surface area contributed by atoms with Gasteiger partial charge in [-0.2, -0.15) is 0 Å². The maximum Gasteiger partial charge on any atom is 0.220 e. The molecule has 0 bridgehead atoms. The highest BCUT2D eigenvalue weighted by molar-refractivity contribution is 5.76. The predicted octanol–water partition coefficient (Wildman–Crippen LogP) is 17.1. The maximum absolute atomic E-state index is 13.4. The van der Waals surface area contributed by atoms with Crippen molar-refractivity contribution < 1.29 is 64.6 Å². The van der Waals surface area contributed by atoms with Crippen molar-refractivity contribution in [3.8, 4) is 0 Å². The molecule has 546 valence electrons. The SMILES string of the molecule is CC/C=C\C/C=C\C/C=C\C/C=C\C/C=C\CCCCCCCCCCCCCCCCCCCCCCCCCCCC(=O)NC(COC1OC(CO)C(OC2OC(CO)C(O)C(O)C2O)C(O)C1O)C(O)/C=C/CC/C=C/CCCCCCCCCCCCCCC. The number of amides is 1. The van der Waals surface area contributed by atoms with E-state index in [1.807, 2.05) is 6.08 Å². The number of aliphatic hydroxyl groups is 8. The largest absolute Gasteiger partial charge is 0.394 e. The zero-order chi connectivity index (χ0) is 68.0. The highest BCUT2D eigenvalue weighted by atomic mass is 16.7. The van der Waals surface area contributed by atoms with Crippen LogP contribution in [-0.2, 0) is 23.7 Å². The Morgan fingerprint density at radius 2 is 0.745 bits per heavy atom. The molecule has 0 saturated carbocycles. The van der Waals surface area contributed by atoms with Crippen LogP contribution in [0, 0.1) is 0 Å². The molecule has 0 aliphatic carbocycles. The van der Waals surface area contributed by atoms with Crippen molar-refractivity contribution in [1.82, 2.24) is 5.32 Å². The first-order chi connectivity index (χ1) is 46.1. The number of allylic oxidation sites excluding steroid dienone is 13. The Morgan fingerprint density at radius 3 is 1.17 bits per heavy atom. The molecule has 9 N–H and O–H groups in total. The summed E-state index contributed by atoms with van der Waals surface area (Å²) in [5.41, 5.74) is 0. The Bertz CT molecular complexity index is 1900. The van der Waals surface area contributed by atoms with Gasteiger partial charge in [-0.15, -0.1) is 0 Å². The van der Waals surface area contributed by atoms with Gasteiger partial charge in [-0.3, -0.25) is 4.79 Å². The third-order valence-corrected chi connectivity index (χ3v) is 18.6. The summed E-state index contributed by atoms with van der Waals surface area (Å²) in [6.07, 6.45) is 72.4. The van der Waals surface area contributed by atoms with Crippen molar-refractivity contribution in [2.75, 3.05) is 19.8 Å². The van der Waals surface area contributed by atoms with Crippen LogP contribution in [0.2, 0.25) is 0 Å². The van der Waals surface area contributed by atoms with Gasteiger partial charge in [-0.05, 0) is 77.0 Å². The molecule has 2 heterocycles. The molecule has 0 aromatic rings. The quantitative estimate of drug-likeness (QED) is 0.0204. The van der Waals surface area contributed by atoms with Gasteiger partial charge in [-0.25, -0.2) is 0 Å². The number of ether oxygens (including phenoxy) is 4. The lowest BCUT2D eigenvalue weighted by Gasteiger charge is -2.46. The Morgan fingerprint density at radius 1 is 0.394 bits per heavy atom. The molecule has 2 aliphatic rings. The van der Waals surface area contributed by atoms with Gasteiger partial charge in [0.2, 0.25) is 5.91 Å². The average Bonchev–Trinajstić information content (AvgIpc) is 0.794. The fraction of sp³-hybridized carbons (Fsp3) is 0.812. The summed E-state index contributed by atoms with van der Waals surface area (Å²) in [6.45, 7) is 2.70. The van der Waals surface area contributed by atoms with E-state index in [1.165, 1.54) is 225 Å². The minimum Gasteiger partial charge on any atom is -0.394 e. The molecule has 2 aliphatic heterocycles. The summed E-state index contributed by atoms with van der Waals surface area (Å²) in [7, 11) is 0. The molecule has 0 aromatic carbocycles. The molecule has 2 rings (SSSR count). The Labute approximate surface area is 573 Å². The number of hydrogen-bond donors (Lipinski definition) is 9. The molecule has 12 unspecified atom stereocenters. The van der Waals surface area contributed by atoms with E-state index in [1.54, 1.807) is 6.08 Å². The van der Waals surface area contributed by atoms with Gasteiger partial charge < -0.3 is 65.1 Å². The van der Waals surface area contributed by atoms with E-state index >= 15 is 0 Å². The van der Waals surface area contributed by atoms with Crippen molar-refractivity contribution >= 4 is 5.91 Å². The summed E-state index contributed by atoms with van der Waals surface area (Å²) in [5, 5.41) is 87.5. The summed E-state index contributed by atoms with van der Waals surface area (Å²) in [4.78, 5) is 13.4. The third-order valence-electron chi connectivity index (χ3n) is 18.6. The Kier molecular flexibility index (Phi) is 59.0. The fourth-order valence-corrected chi connectivity index (χ4v) is 12.5. The third kappa shape index (κ3) is 46.4. The maximum atomic E-state index is 13.4. The van der Waals surface area contributed by atoms with Crippen LogP contribution in [0.4, 0.5) is 0 Å². The number of carbonyl (C=O) groups excluding carboxylic acids is 1. The second-order valence-electron chi connectivity index (χ2n) is 27.1.